The van der Waals surface area contributed by atoms with Crippen LogP contribution in [0.2, 0.25) is 0 Å². The lowest BCUT2D eigenvalue weighted by Gasteiger charge is -2.13. The number of alkyl halides is 3. The van der Waals surface area contributed by atoms with Gasteiger partial charge in [0.05, 0.1) is 18.5 Å². The third-order valence-electron chi connectivity index (χ3n) is 1.76. The van der Waals surface area contributed by atoms with E-state index < -0.39 is 9.70 Å². The Bertz CT molecular complexity index is 404. The fraction of sp³-hybridized carbons (Fsp3) is 0.222. The summed E-state index contributed by atoms with van der Waals surface area (Å²) in [7, 11) is 1.51. The number of halogens is 3. The SMILES string of the molecule is COc1ccc(NC(=O)C(Cl)(Cl)Cl)c(N)c1. The Morgan fingerprint density at radius 3 is 2.50 bits per heavy atom. The Morgan fingerprint density at radius 2 is 2.06 bits per heavy atom. The first-order chi connectivity index (χ1) is 7.34. The highest BCUT2D eigenvalue weighted by Crippen LogP contribution is 2.30. The first-order valence-corrected chi connectivity index (χ1v) is 5.29. The van der Waals surface area contributed by atoms with Crippen LogP contribution in [-0.4, -0.2) is 16.8 Å². The summed E-state index contributed by atoms with van der Waals surface area (Å²) in [6.45, 7) is 0. The highest BCUT2D eigenvalue weighted by atomic mass is 35.6. The molecule has 0 radical (unpaired) electrons. The molecule has 4 nitrogen and oxygen atoms in total. The van der Waals surface area contributed by atoms with E-state index in [0.717, 1.165) is 0 Å². The van der Waals surface area contributed by atoms with Gasteiger partial charge in [0.15, 0.2) is 0 Å². The van der Waals surface area contributed by atoms with E-state index in [1.165, 1.54) is 7.11 Å². The summed E-state index contributed by atoms with van der Waals surface area (Å²) in [4.78, 5) is 11.3. The molecule has 88 valence electrons. The van der Waals surface area contributed by atoms with Crippen LogP contribution in [0.5, 0.6) is 5.75 Å². The van der Waals surface area contributed by atoms with Crippen LogP contribution in [0.25, 0.3) is 0 Å². The number of methoxy groups -OCH3 is 1. The van der Waals surface area contributed by atoms with Crippen molar-refractivity contribution in [2.24, 2.45) is 0 Å². The van der Waals surface area contributed by atoms with E-state index in [9.17, 15) is 4.79 Å². The second-order valence-corrected chi connectivity index (χ2v) is 5.19. The quantitative estimate of drug-likeness (QED) is 0.648. The van der Waals surface area contributed by atoms with Crippen molar-refractivity contribution in [3.8, 4) is 5.75 Å². The van der Waals surface area contributed by atoms with E-state index in [1.54, 1.807) is 18.2 Å². The molecule has 0 saturated carbocycles. The van der Waals surface area contributed by atoms with Crippen molar-refractivity contribution in [1.82, 2.24) is 0 Å². The van der Waals surface area contributed by atoms with Crippen LogP contribution in [0.4, 0.5) is 11.4 Å². The molecule has 0 heterocycles. The maximum absolute atomic E-state index is 11.3. The van der Waals surface area contributed by atoms with E-state index in [4.69, 9.17) is 45.3 Å². The number of carbonyl (C=O) groups excluding carboxylic acids is 1. The Kier molecular flexibility index (Phi) is 4.13. The third-order valence-corrected chi connectivity index (χ3v) is 2.28. The van der Waals surface area contributed by atoms with Crippen molar-refractivity contribution in [2.45, 2.75) is 3.79 Å². The summed E-state index contributed by atoms with van der Waals surface area (Å²) in [5, 5.41) is 2.39. The number of amides is 1. The average Bonchev–Trinajstić information content (AvgIpc) is 2.19. The Hall–Kier alpha value is -0.840. The molecule has 0 bridgehead atoms. The van der Waals surface area contributed by atoms with Gasteiger partial charge in [0.2, 0.25) is 0 Å². The summed E-state index contributed by atoms with van der Waals surface area (Å²) in [6.07, 6.45) is 0. The predicted octanol–water partition coefficient (Wildman–Crippen LogP) is 2.59. The van der Waals surface area contributed by atoms with Crippen LogP contribution >= 0.6 is 34.8 Å². The second-order valence-electron chi connectivity index (χ2n) is 2.91. The van der Waals surface area contributed by atoms with Gasteiger partial charge in [-0.25, -0.2) is 0 Å². The zero-order valence-electron chi connectivity index (χ0n) is 8.26. The minimum absolute atomic E-state index is 0.321. The van der Waals surface area contributed by atoms with Gasteiger partial charge in [-0.1, -0.05) is 34.8 Å². The molecule has 0 aliphatic heterocycles. The van der Waals surface area contributed by atoms with Gasteiger partial charge in [0.1, 0.15) is 5.75 Å². The first kappa shape index (κ1) is 13.2. The summed E-state index contributed by atoms with van der Waals surface area (Å²) in [6, 6.07) is 4.74. The normalized spacial score (nSPS) is 11.0. The topological polar surface area (TPSA) is 64.3 Å². The van der Waals surface area contributed by atoms with Gasteiger partial charge in [-0.05, 0) is 12.1 Å². The van der Waals surface area contributed by atoms with Gasteiger partial charge in [-0.3, -0.25) is 4.79 Å². The maximum atomic E-state index is 11.3. The van der Waals surface area contributed by atoms with E-state index in [1.807, 2.05) is 0 Å². The lowest BCUT2D eigenvalue weighted by atomic mass is 10.2. The fourth-order valence-corrected chi connectivity index (χ4v) is 1.12. The third kappa shape index (κ3) is 3.33. The molecule has 0 aliphatic carbocycles. The summed E-state index contributed by atoms with van der Waals surface area (Å²) < 4.78 is 2.93. The number of nitrogens with one attached hydrogen (secondary N) is 1. The van der Waals surface area contributed by atoms with Crippen molar-refractivity contribution in [1.29, 1.82) is 0 Å². The molecule has 16 heavy (non-hydrogen) atoms. The van der Waals surface area contributed by atoms with Crippen LogP contribution < -0.4 is 15.8 Å². The molecule has 1 rings (SSSR count). The largest absolute Gasteiger partial charge is 0.497 e. The zero-order chi connectivity index (χ0) is 12.3. The molecule has 1 aromatic carbocycles. The average molecular weight is 284 g/mol. The number of nitrogen functional groups attached to an aromatic ring is 1. The van der Waals surface area contributed by atoms with Crippen molar-refractivity contribution in [2.75, 3.05) is 18.2 Å². The molecular weight excluding hydrogens is 274 g/mol. The maximum Gasteiger partial charge on any atom is 0.276 e. The van der Waals surface area contributed by atoms with Gasteiger partial charge >= 0.3 is 0 Å². The van der Waals surface area contributed by atoms with Gasteiger partial charge in [0.25, 0.3) is 9.70 Å². The van der Waals surface area contributed by atoms with Gasteiger partial charge < -0.3 is 15.8 Å². The molecule has 1 amide bonds. The molecule has 0 spiro atoms. The molecule has 1 aromatic rings. The lowest BCUT2D eigenvalue weighted by Crippen LogP contribution is -2.27. The van der Waals surface area contributed by atoms with Crippen molar-refractivity contribution >= 4 is 52.1 Å². The summed E-state index contributed by atoms with van der Waals surface area (Å²) in [5.74, 6) is -0.196. The van der Waals surface area contributed by atoms with E-state index >= 15 is 0 Å². The minimum Gasteiger partial charge on any atom is -0.497 e. The van der Waals surface area contributed by atoms with Crippen molar-refractivity contribution in [3.05, 3.63) is 18.2 Å². The highest BCUT2D eigenvalue weighted by Gasteiger charge is 2.30. The molecule has 7 heteroatoms. The first-order valence-electron chi connectivity index (χ1n) is 4.16. The van der Waals surface area contributed by atoms with E-state index in [-0.39, 0.29) is 0 Å². The molecule has 3 N–H and O–H groups in total. The molecule has 0 fully saturated rings. The van der Waals surface area contributed by atoms with Crippen LogP contribution in [0.1, 0.15) is 0 Å². The standard InChI is InChI=1S/C9H9Cl3N2O2/c1-16-5-2-3-7(6(13)4-5)14-8(15)9(10,11)12/h2-4H,13H2,1H3,(H,14,15). The van der Waals surface area contributed by atoms with Crippen molar-refractivity contribution in [3.63, 3.8) is 0 Å². The lowest BCUT2D eigenvalue weighted by molar-refractivity contribution is -0.115. The van der Waals surface area contributed by atoms with Crippen LogP contribution in [0.15, 0.2) is 18.2 Å². The number of carbonyl (C=O) groups is 1. The molecular formula is C9H9Cl3N2O2. The van der Waals surface area contributed by atoms with E-state index in [0.29, 0.717) is 17.1 Å². The van der Waals surface area contributed by atoms with E-state index in [2.05, 4.69) is 5.32 Å². The van der Waals surface area contributed by atoms with Crippen LogP contribution in [0, 0.1) is 0 Å². The van der Waals surface area contributed by atoms with Crippen LogP contribution in [-0.2, 0) is 4.79 Å². The Labute approximate surface area is 108 Å². The second kappa shape index (κ2) is 4.99. The van der Waals surface area contributed by atoms with Gasteiger partial charge in [-0.15, -0.1) is 0 Å². The number of ether oxygens (including phenoxy) is 1. The molecule has 0 aliphatic rings. The van der Waals surface area contributed by atoms with Crippen molar-refractivity contribution < 1.29 is 9.53 Å². The van der Waals surface area contributed by atoms with Gasteiger partial charge in [-0.2, -0.15) is 0 Å². The summed E-state index contributed by atoms with van der Waals surface area (Å²) >= 11 is 16.2. The molecule has 0 saturated heterocycles. The molecule has 0 unspecified atom stereocenters. The number of benzene rings is 1. The number of rotatable bonds is 2. The predicted molar refractivity (Wildman–Crippen MR) is 66.3 cm³/mol. The monoisotopic (exact) mass is 282 g/mol. The minimum atomic E-state index is -2.02. The number of anilines is 2. The number of hydrogen-bond donors (Lipinski definition) is 2. The Balaban J connectivity index is 2.87. The van der Waals surface area contributed by atoms with Crippen LogP contribution in [0.3, 0.4) is 0 Å². The Morgan fingerprint density at radius 1 is 1.44 bits per heavy atom. The summed E-state index contributed by atoms with van der Waals surface area (Å²) in [5.41, 5.74) is 6.34. The zero-order valence-corrected chi connectivity index (χ0v) is 10.5. The number of nitrogens with two attached hydrogens (primary N) is 1. The molecule has 0 aromatic heterocycles. The smallest absolute Gasteiger partial charge is 0.276 e. The fourth-order valence-electron chi connectivity index (χ4n) is 0.975. The highest BCUT2D eigenvalue weighted by molar-refractivity contribution is 6.76. The van der Waals surface area contributed by atoms with Gasteiger partial charge in [0, 0.05) is 6.07 Å². The molecule has 0 atom stereocenters. The number of hydrogen-bond acceptors (Lipinski definition) is 3.